The van der Waals surface area contributed by atoms with Gasteiger partial charge in [0.15, 0.2) is 0 Å². The van der Waals surface area contributed by atoms with Gasteiger partial charge in [-0.1, -0.05) is 0 Å². The Morgan fingerprint density at radius 1 is 1.50 bits per heavy atom. The summed E-state index contributed by atoms with van der Waals surface area (Å²) in [4.78, 5) is 3.93. The van der Waals surface area contributed by atoms with Gasteiger partial charge in [-0.25, -0.2) is 14.7 Å². The minimum atomic E-state index is -1.18. The number of rotatable bonds is 0. The molecule has 2 atom stereocenters. The molecule has 3 N–H and O–H groups in total. The lowest BCUT2D eigenvalue weighted by Crippen LogP contribution is -2.51. The Balaban J connectivity index is 2.17. The van der Waals surface area contributed by atoms with E-state index >= 15 is 0 Å². The maximum Gasteiger partial charge on any atom is 0.226 e. The molecule has 2 aliphatic heterocycles. The van der Waals surface area contributed by atoms with E-state index in [9.17, 15) is 4.39 Å². The highest BCUT2D eigenvalue weighted by atomic mass is 19.1. The molecule has 0 aliphatic carbocycles. The quantitative estimate of drug-likeness (QED) is 0.389. The molecule has 0 saturated heterocycles. The van der Waals surface area contributed by atoms with Gasteiger partial charge >= 0.3 is 0 Å². The number of nitrogens with one attached hydrogen (secondary N) is 3. The lowest BCUT2D eigenvalue weighted by Gasteiger charge is -2.22. The van der Waals surface area contributed by atoms with Gasteiger partial charge in [-0.2, -0.15) is 0 Å². The van der Waals surface area contributed by atoms with Gasteiger partial charge in [-0.3, -0.25) is 0 Å². The highest BCUT2D eigenvalue weighted by Gasteiger charge is 2.23. The van der Waals surface area contributed by atoms with E-state index in [0.717, 1.165) is 5.70 Å². The fraction of sp³-hybridized carbons (Fsp3) is 0.400. The van der Waals surface area contributed by atoms with E-state index in [2.05, 4.69) is 20.9 Å². The molecule has 2 rings (SSSR count). The summed E-state index contributed by atoms with van der Waals surface area (Å²) < 4.78 is 12.5. The smallest absolute Gasteiger partial charge is 0.226 e. The summed E-state index contributed by atoms with van der Waals surface area (Å²) in [6.45, 7) is 0. The van der Waals surface area contributed by atoms with Crippen LogP contribution in [0.1, 0.15) is 0 Å². The molecule has 2 aliphatic rings. The van der Waals surface area contributed by atoms with Crippen molar-refractivity contribution in [2.24, 2.45) is 4.99 Å². The molecule has 0 amide bonds. The van der Waals surface area contributed by atoms with Crippen molar-refractivity contribution >= 4 is 6.34 Å². The topological polar surface area (TPSA) is 48.5 Å². The predicted molar refractivity (Wildman–Crippen MR) is 34.7 cm³/mol. The van der Waals surface area contributed by atoms with Gasteiger partial charge in [0.25, 0.3) is 0 Å². The van der Waals surface area contributed by atoms with Crippen LogP contribution in [0.2, 0.25) is 0 Å². The van der Waals surface area contributed by atoms with Crippen LogP contribution in [-0.4, -0.2) is 18.9 Å². The normalized spacial score (nSPS) is 35.9. The van der Waals surface area contributed by atoms with Crippen molar-refractivity contribution < 1.29 is 4.39 Å². The molecule has 0 aromatic heterocycles. The van der Waals surface area contributed by atoms with Gasteiger partial charge in [0.05, 0.1) is 12.0 Å². The largest absolute Gasteiger partial charge is 0.355 e. The van der Waals surface area contributed by atoms with Crippen LogP contribution in [-0.2, 0) is 0 Å². The van der Waals surface area contributed by atoms with Gasteiger partial charge in [0.1, 0.15) is 6.17 Å². The van der Waals surface area contributed by atoms with Crippen LogP contribution < -0.4 is 16.0 Å². The van der Waals surface area contributed by atoms with Crippen LogP contribution in [0.5, 0.6) is 0 Å². The standard InChI is InChI=1S/C5H7FN4/c6-5-7-1-3-4(10-5)9-2-8-3/h1-2,4-5,7,10H,(H,8,9)/t4?,5-/m1/s1. The zero-order valence-corrected chi connectivity index (χ0v) is 5.13. The summed E-state index contributed by atoms with van der Waals surface area (Å²) in [6.07, 6.45) is 1.77. The van der Waals surface area contributed by atoms with E-state index < -0.39 is 6.42 Å². The van der Waals surface area contributed by atoms with Gasteiger partial charge in [0.2, 0.25) is 6.42 Å². The molecular formula is C5H7FN4. The highest BCUT2D eigenvalue weighted by molar-refractivity contribution is 5.61. The van der Waals surface area contributed by atoms with Gasteiger partial charge in [-0.05, 0) is 0 Å². The second-order valence-electron chi connectivity index (χ2n) is 2.12. The monoisotopic (exact) mass is 142 g/mol. The Kier molecular flexibility index (Phi) is 1.10. The van der Waals surface area contributed by atoms with Crippen molar-refractivity contribution in [1.29, 1.82) is 0 Å². The van der Waals surface area contributed by atoms with E-state index in [0.29, 0.717) is 0 Å². The third-order valence-corrected chi connectivity index (χ3v) is 1.44. The summed E-state index contributed by atoms with van der Waals surface area (Å²) in [7, 11) is 0. The molecule has 54 valence electrons. The number of fused-ring (bicyclic) bond motifs is 1. The molecule has 0 spiro atoms. The first-order valence-corrected chi connectivity index (χ1v) is 3.01. The van der Waals surface area contributed by atoms with E-state index in [1.165, 1.54) is 0 Å². The van der Waals surface area contributed by atoms with E-state index in [1.54, 1.807) is 12.5 Å². The molecular weight excluding hydrogens is 135 g/mol. The minimum Gasteiger partial charge on any atom is -0.355 e. The Labute approximate surface area is 57.2 Å². The molecule has 0 radical (unpaired) electrons. The van der Waals surface area contributed by atoms with Crippen LogP contribution in [0.25, 0.3) is 0 Å². The Morgan fingerprint density at radius 3 is 3.30 bits per heavy atom. The van der Waals surface area contributed by atoms with Crippen LogP contribution in [0.4, 0.5) is 4.39 Å². The van der Waals surface area contributed by atoms with Crippen molar-refractivity contribution in [3.05, 3.63) is 11.9 Å². The molecule has 0 aromatic carbocycles. The number of halogens is 1. The van der Waals surface area contributed by atoms with Gasteiger partial charge in [0, 0.05) is 6.20 Å². The zero-order chi connectivity index (χ0) is 6.97. The second kappa shape index (κ2) is 1.95. The summed E-state index contributed by atoms with van der Waals surface area (Å²) in [5.74, 6) is 0. The van der Waals surface area contributed by atoms with Crippen molar-refractivity contribution in [1.82, 2.24) is 16.0 Å². The van der Waals surface area contributed by atoms with E-state index in [4.69, 9.17) is 0 Å². The van der Waals surface area contributed by atoms with E-state index in [-0.39, 0.29) is 6.17 Å². The van der Waals surface area contributed by atoms with Crippen molar-refractivity contribution in [3.63, 3.8) is 0 Å². The van der Waals surface area contributed by atoms with Crippen molar-refractivity contribution in [2.45, 2.75) is 12.6 Å². The molecule has 0 saturated carbocycles. The number of alkyl halides is 1. The van der Waals surface area contributed by atoms with Crippen LogP contribution in [0.15, 0.2) is 16.9 Å². The second-order valence-corrected chi connectivity index (χ2v) is 2.12. The fourth-order valence-corrected chi connectivity index (χ4v) is 0.953. The molecule has 0 aromatic rings. The lowest BCUT2D eigenvalue weighted by atomic mass is 10.3. The van der Waals surface area contributed by atoms with Crippen LogP contribution in [0.3, 0.4) is 0 Å². The first-order valence-electron chi connectivity index (χ1n) is 3.01. The fourth-order valence-electron chi connectivity index (χ4n) is 0.953. The minimum absolute atomic E-state index is 0.156. The molecule has 1 unspecified atom stereocenters. The molecule has 10 heavy (non-hydrogen) atoms. The number of hydrogen-bond acceptors (Lipinski definition) is 4. The average molecular weight is 142 g/mol. The summed E-state index contributed by atoms with van der Waals surface area (Å²) in [5, 5.41) is 7.89. The highest BCUT2D eigenvalue weighted by Crippen LogP contribution is 2.09. The Morgan fingerprint density at radius 2 is 2.40 bits per heavy atom. The first-order chi connectivity index (χ1) is 4.86. The van der Waals surface area contributed by atoms with Crippen molar-refractivity contribution in [2.75, 3.05) is 0 Å². The molecule has 2 heterocycles. The maximum atomic E-state index is 12.5. The van der Waals surface area contributed by atoms with Crippen LogP contribution >= 0.6 is 0 Å². The zero-order valence-electron chi connectivity index (χ0n) is 5.13. The summed E-state index contributed by atoms with van der Waals surface area (Å²) in [5.41, 5.74) is 0.786. The first kappa shape index (κ1) is 5.67. The number of hydrogen-bond donors (Lipinski definition) is 3. The predicted octanol–water partition coefficient (Wildman–Crippen LogP) is -0.769. The Bertz CT molecular complexity index is 200. The average Bonchev–Trinajstić information content (AvgIpc) is 2.33. The Hall–Kier alpha value is -1.10. The van der Waals surface area contributed by atoms with Gasteiger partial charge < -0.3 is 10.6 Å². The van der Waals surface area contributed by atoms with Crippen molar-refractivity contribution in [3.8, 4) is 0 Å². The summed E-state index contributed by atoms with van der Waals surface area (Å²) in [6, 6.07) is 0. The van der Waals surface area contributed by atoms with E-state index in [1.807, 2.05) is 0 Å². The molecule has 5 heteroatoms. The number of nitrogens with zero attached hydrogens (tertiary/aromatic N) is 1. The third-order valence-electron chi connectivity index (χ3n) is 1.44. The van der Waals surface area contributed by atoms with Crippen LogP contribution in [0, 0.1) is 0 Å². The maximum absolute atomic E-state index is 12.5. The molecule has 4 nitrogen and oxygen atoms in total. The lowest BCUT2D eigenvalue weighted by molar-refractivity contribution is 0.213. The molecule has 0 fully saturated rings. The third kappa shape index (κ3) is 0.750. The summed E-state index contributed by atoms with van der Waals surface area (Å²) >= 11 is 0. The number of aliphatic imine (C=N–C) groups is 1. The molecule has 0 bridgehead atoms. The SMILES string of the molecule is F[C@@H]1NC=C2N=CNC2N1. The van der Waals surface area contributed by atoms with Gasteiger partial charge in [-0.15, -0.1) is 0 Å².